The fraction of sp³-hybridized carbons (Fsp3) is 0.200. The van der Waals surface area contributed by atoms with Crippen LogP contribution in [0.5, 0.6) is 0 Å². The molecule has 96 valence electrons. The van der Waals surface area contributed by atoms with Gasteiger partial charge < -0.3 is 9.73 Å². The molecule has 0 aliphatic carbocycles. The van der Waals surface area contributed by atoms with Crippen LogP contribution >= 0.6 is 0 Å². The minimum atomic E-state index is 0.746. The Morgan fingerprint density at radius 1 is 1.11 bits per heavy atom. The van der Waals surface area contributed by atoms with E-state index in [0.717, 1.165) is 41.2 Å². The molecule has 0 saturated carbocycles. The topological polar surface area (TPSA) is 51.0 Å². The Balaban J connectivity index is 1.88. The number of anilines is 1. The van der Waals surface area contributed by atoms with E-state index in [0.29, 0.717) is 0 Å². The molecule has 0 unspecified atom stereocenters. The van der Waals surface area contributed by atoms with Crippen molar-refractivity contribution in [3.05, 3.63) is 42.5 Å². The van der Waals surface area contributed by atoms with Crippen LogP contribution in [0.1, 0.15) is 13.3 Å². The monoisotopic (exact) mass is 253 g/mol. The standard InChI is InChI=1S/C15H15N3O/c1-2-9-16-15-8-7-12(17-18-15)14-10-11-5-3-4-6-13(11)19-14/h3-8,10H,2,9H2,1H3,(H,16,18). The van der Waals surface area contributed by atoms with E-state index in [1.807, 2.05) is 42.5 Å². The average molecular weight is 253 g/mol. The molecule has 1 N–H and O–H groups in total. The lowest BCUT2D eigenvalue weighted by Gasteiger charge is -2.02. The van der Waals surface area contributed by atoms with Gasteiger partial charge in [0.1, 0.15) is 17.1 Å². The molecule has 0 radical (unpaired) electrons. The maximum atomic E-state index is 5.75. The molecule has 19 heavy (non-hydrogen) atoms. The van der Waals surface area contributed by atoms with Gasteiger partial charge in [-0.3, -0.25) is 0 Å². The molecule has 0 bridgehead atoms. The van der Waals surface area contributed by atoms with Gasteiger partial charge in [0.25, 0.3) is 0 Å². The second-order valence-corrected chi connectivity index (χ2v) is 4.38. The molecule has 0 fully saturated rings. The van der Waals surface area contributed by atoms with E-state index in [1.54, 1.807) is 0 Å². The van der Waals surface area contributed by atoms with Crippen LogP contribution in [0.2, 0.25) is 0 Å². The first-order valence-electron chi connectivity index (χ1n) is 6.43. The van der Waals surface area contributed by atoms with Crippen LogP contribution < -0.4 is 5.32 Å². The quantitative estimate of drug-likeness (QED) is 0.770. The highest BCUT2D eigenvalue weighted by Gasteiger charge is 2.07. The first-order chi connectivity index (χ1) is 9.36. The summed E-state index contributed by atoms with van der Waals surface area (Å²) in [7, 11) is 0. The number of hydrogen-bond donors (Lipinski definition) is 1. The lowest BCUT2D eigenvalue weighted by atomic mass is 10.2. The number of rotatable bonds is 4. The second kappa shape index (κ2) is 5.10. The van der Waals surface area contributed by atoms with Crippen molar-refractivity contribution < 1.29 is 4.42 Å². The SMILES string of the molecule is CCCNc1ccc(-c2cc3ccccc3o2)nn1. The van der Waals surface area contributed by atoms with Gasteiger partial charge in [0.2, 0.25) is 0 Å². The molecule has 0 spiro atoms. The van der Waals surface area contributed by atoms with Crippen molar-refractivity contribution in [2.24, 2.45) is 0 Å². The summed E-state index contributed by atoms with van der Waals surface area (Å²) in [6.07, 6.45) is 1.06. The van der Waals surface area contributed by atoms with Crippen molar-refractivity contribution in [2.45, 2.75) is 13.3 Å². The van der Waals surface area contributed by atoms with Gasteiger partial charge in [0.15, 0.2) is 5.76 Å². The highest BCUT2D eigenvalue weighted by Crippen LogP contribution is 2.26. The van der Waals surface area contributed by atoms with E-state index in [9.17, 15) is 0 Å². The van der Waals surface area contributed by atoms with Crippen LogP contribution in [0.4, 0.5) is 5.82 Å². The highest BCUT2D eigenvalue weighted by molar-refractivity contribution is 5.82. The van der Waals surface area contributed by atoms with Gasteiger partial charge in [-0.25, -0.2) is 0 Å². The Hall–Kier alpha value is -2.36. The minimum absolute atomic E-state index is 0.746. The zero-order valence-corrected chi connectivity index (χ0v) is 10.8. The van der Waals surface area contributed by atoms with Crippen LogP contribution in [0.15, 0.2) is 46.9 Å². The van der Waals surface area contributed by atoms with E-state index in [1.165, 1.54) is 0 Å². The number of para-hydroxylation sites is 1. The first kappa shape index (κ1) is 11.7. The molecule has 1 aromatic carbocycles. The number of hydrogen-bond acceptors (Lipinski definition) is 4. The third-order valence-electron chi connectivity index (χ3n) is 2.90. The largest absolute Gasteiger partial charge is 0.454 e. The molecule has 2 aromatic heterocycles. The summed E-state index contributed by atoms with van der Waals surface area (Å²) in [6.45, 7) is 3.02. The zero-order valence-electron chi connectivity index (χ0n) is 10.8. The highest BCUT2D eigenvalue weighted by atomic mass is 16.3. The normalized spacial score (nSPS) is 10.8. The van der Waals surface area contributed by atoms with Gasteiger partial charge in [0, 0.05) is 11.9 Å². The predicted octanol–water partition coefficient (Wildman–Crippen LogP) is 3.71. The Labute approximate surface area is 111 Å². The van der Waals surface area contributed by atoms with Gasteiger partial charge >= 0.3 is 0 Å². The number of nitrogens with one attached hydrogen (secondary N) is 1. The number of furan rings is 1. The summed E-state index contributed by atoms with van der Waals surface area (Å²) in [5, 5.41) is 12.6. The Bertz CT molecular complexity index is 640. The van der Waals surface area contributed by atoms with E-state index in [-0.39, 0.29) is 0 Å². The Kier molecular flexibility index (Phi) is 3.14. The van der Waals surface area contributed by atoms with E-state index in [4.69, 9.17) is 4.42 Å². The third kappa shape index (κ3) is 2.42. The Morgan fingerprint density at radius 3 is 2.74 bits per heavy atom. The molecule has 0 aliphatic rings. The van der Waals surface area contributed by atoms with Gasteiger partial charge in [-0.05, 0) is 30.7 Å². The fourth-order valence-electron chi connectivity index (χ4n) is 1.92. The molecule has 3 rings (SSSR count). The van der Waals surface area contributed by atoms with Crippen LogP contribution in [-0.4, -0.2) is 16.7 Å². The molecular formula is C15H15N3O. The van der Waals surface area contributed by atoms with Crippen LogP contribution in [0.3, 0.4) is 0 Å². The summed E-state index contributed by atoms with van der Waals surface area (Å²) < 4.78 is 5.75. The maximum Gasteiger partial charge on any atom is 0.155 e. The van der Waals surface area contributed by atoms with Crippen molar-refractivity contribution in [1.82, 2.24) is 10.2 Å². The van der Waals surface area contributed by atoms with Crippen molar-refractivity contribution in [2.75, 3.05) is 11.9 Å². The molecular weight excluding hydrogens is 238 g/mol. The molecule has 0 atom stereocenters. The van der Waals surface area contributed by atoms with E-state index < -0.39 is 0 Å². The van der Waals surface area contributed by atoms with Gasteiger partial charge in [-0.2, -0.15) is 0 Å². The average Bonchev–Trinajstić information content (AvgIpc) is 2.89. The Morgan fingerprint density at radius 2 is 2.00 bits per heavy atom. The molecule has 0 aliphatic heterocycles. The molecule has 2 heterocycles. The number of aromatic nitrogens is 2. The minimum Gasteiger partial charge on any atom is -0.454 e. The molecule has 4 heteroatoms. The first-order valence-corrected chi connectivity index (χ1v) is 6.43. The summed E-state index contributed by atoms with van der Waals surface area (Å²) in [4.78, 5) is 0. The van der Waals surface area contributed by atoms with Crippen molar-refractivity contribution in [1.29, 1.82) is 0 Å². The number of benzene rings is 1. The van der Waals surface area contributed by atoms with Crippen molar-refractivity contribution in [3.8, 4) is 11.5 Å². The fourth-order valence-corrected chi connectivity index (χ4v) is 1.92. The molecule has 0 amide bonds. The molecule has 3 aromatic rings. The summed E-state index contributed by atoms with van der Waals surface area (Å²) in [5.41, 5.74) is 1.62. The van der Waals surface area contributed by atoms with Crippen LogP contribution in [0.25, 0.3) is 22.4 Å². The summed E-state index contributed by atoms with van der Waals surface area (Å²) in [5.74, 6) is 1.54. The zero-order chi connectivity index (χ0) is 13.1. The van der Waals surface area contributed by atoms with Gasteiger partial charge in [-0.1, -0.05) is 25.1 Å². The molecule has 4 nitrogen and oxygen atoms in total. The van der Waals surface area contributed by atoms with Crippen molar-refractivity contribution >= 4 is 16.8 Å². The predicted molar refractivity (Wildman–Crippen MR) is 76.0 cm³/mol. The smallest absolute Gasteiger partial charge is 0.155 e. The number of nitrogens with zero attached hydrogens (tertiary/aromatic N) is 2. The summed E-state index contributed by atoms with van der Waals surface area (Å²) >= 11 is 0. The van der Waals surface area contributed by atoms with Gasteiger partial charge in [-0.15, -0.1) is 10.2 Å². The molecule has 0 saturated heterocycles. The van der Waals surface area contributed by atoms with Crippen LogP contribution in [-0.2, 0) is 0 Å². The number of fused-ring (bicyclic) bond motifs is 1. The van der Waals surface area contributed by atoms with E-state index in [2.05, 4.69) is 22.4 Å². The third-order valence-corrected chi connectivity index (χ3v) is 2.90. The van der Waals surface area contributed by atoms with E-state index >= 15 is 0 Å². The van der Waals surface area contributed by atoms with Crippen LogP contribution in [0, 0.1) is 0 Å². The second-order valence-electron chi connectivity index (χ2n) is 4.38. The lowest BCUT2D eigenvalue weighted by molar-refractivity contribution is 0.627. The van der Waals surface area contributed by atoms with Gasteiger partial charge in [0.05, 0.1) is 0 Å². The summed E-state index contributed by atoms with van der Waals surface area (Å²) in [6, 6.07) is 13.7. The lowest BCUT2D eigenvalue weighted by Crippen LogP contribution is -2.02. The van der Waals surface area contributed by atoms with Crippen molar-refractivity contribution in [3.63, 3.8) is 0 Å². The maximum absolute atomic E-state index is 5.75.